The van der Waals surface area contributed by atoms with Gasteiger partial charge >= 0.3 is 0 Å². The Hall–Kier alpha value is -3.72. The normalized spacial score (nSPS) is 20.2. The van der Waals surface area contributed by atoms with E-state index in [4.69, 9.17) is 4.74 Å². The average molecular weight is 491 g/mol. The highest BCUT2D eigenvalue weighted by molar-refractivity contribution is 6.05. The van der Waals surface area contributed by atoms with Gasteiger partial charge < -0.3 is 20.3 Å². The molecule has 188 valence electrons. The molecule has 0 radical (unpaired) electrons. The number of fused-ring (bicyclic) bond motifs is 1. The Kier molecular flexibility index (Phi) is 6.73. The molecule has 3 heterocycles. The molecule has 9 nitrogen and oxygen atoms in total. The van der Waals surface area contributed by atoms with Crippen molar-refractivity contribution < 1.29 is 23.9 Å². The lowest BCUT2D eigenvalue weighted by Gasteiger charge is -2.29. The monoisotopic (exact) mass is 490 g/mol. The zero-order valence-electron chi connectivity index (χ0n) is 20.3. The van der Waals surface area contributed by atoms with Crippen molar-refractivity contribution in [2.24, 2.45) is 0 Å². The Bertz CT molecular complexity index is 1220. The molecular formula is C27H30N4O5. The SMILES string of the molecule is Cc1ccc(C(=O)NCc2ccc3c(c2)CN(C2CCC(=O)NC2=O)C3=O)cc1NC1CCOCC1. The van der Waals surface area contributed by atoms with Crippen LogP contribution in [0, 0.1) is 6.92 Å². The maximum absolute atomic E-state index is 12.9. The molecule has 2 aromatic rings. The van der Waals surface area contributed by atoms with Crippen LogP contribution in [0.5, 0.6) is 0 Å². The second kappa shape index (κ2) is 10.1. The number of aryl methyl sites for hydroxylation is 1. The van der Waals surface area contributed by atoms with Crippen LogP contribution in [-0.4, -0.2) is 53.8 Å². The Balaban J connectivity index is 1.22. The molecule has 1 unspecified atom stereocenters. The lowest BCUT2D eigenvalue weighted by molar-refractivity contribution is -0.136. The van der Waals surface area contributed by atoms with Gasteiger partial charge in [-0.15, -0.1) is 0 Å². The van der Waals surface area contributed by atoms with E-state index in [0.717, 1.165) is 48.4 Å². The van der Waals surface area contributed by atoms with E-state index in [1.807, 2.05) is 37.3 Å². The molecule has 3 aliphatic rings. The number of nitrogens with zero attached hydrogens (tertiary/aromatic N) is 1. The van der Waals surface area contributed by atoms with Gasteiger partial charge in [0, 0.05) is 55.6 Å². The first-order valence-electron chi connectivity index (χ1n) is 12.4. The van der Waals surface area contributed by atoms with Gasteiger partial charge in [0.25, 0.3) is 11.8 Å². The second-order valence-corrected chi connectivity index (χ2v) is 9.63. The Morgan fingerprint density at radius 3 is 2.67 bits per heavy atom. The van der Waals surface area contributed by atoms with Gasteiger partial charge in [-0.2, -0.15) is 0 Å². The predicted octanol–water partition coefficient (Wildman–Crippen LogP) is 2.28. The van der Waals surface area contributed by atoms with Crippen molar-refractivity contribution in [1.29, 1.82) is 0 Å². The van der Waals surface area contributed by atoms with Gasteiger partial charge in [-0.3, -0.25) is 24.5 Å². The van der Waals surface area contributed by atoms with E-state index in [9.17, 15) is 19.2 Å². The fourth-order valence-electron chi connectivity index (χ4n) is 5.00. The lowest BCUT2D eigenvalue weighted by Crippen LogP contribution is -2.52. The van der Waals surface area contributed by atoms with E-state index in [1.165, 1.54) is 4.90 Å². The largest absolute Gasteiger partial charge is 0.382 e. The number of rotatable bonds is 6. The number of anilines is 1. The molecule has 3 N–H and O–H groups in total. The van der Waals surface area contributed by atoms with Crippen molar-refractivity contribution in [2.75, 3.05) is 18.5 Å². The number of carbonyl (C=O) groups excluding carboxylic acids is 4. The van der Waals surface area contributed by atoms with Crippen molar-refractivity contribution in [3.63, 3.8) is 0 Å². The van der Waals surface area contributed by atoms with Crippen LogP contribution in [0.3, 0.4) is 0 Å². The summed E-state index contributed by atoms with van der Waals surface area (Å²) in [6.45, 7) is 4.13. The number of carbonyl (C=O) groups is 4. The van der Waals surface area contributed by atoms with Crippen LogP contribution in [-0.2, 0) is 27.4 Å². The van der Waals surface area contributed by atoms with Crippen LogP contribution in [0.1, 0.15) is 63.1 Å². The Labute approximate surface area is 209 Å². The fraction of sp³-hybridized carbons (Fsp3) is 0.407. The van der Waals surface area contributed by atoms with Crippen molar-refractivity contribution >= 4 is 29.3 Å². The zero-order valence-corrected chi connectivity index (χ0v) is 20.3. The van der Waals surface area contributed by atoms with E-state index in [0.29, 0.717) is 36.7 Å². The smallest absolute Gasteiger partial charge is 0.255 e. The molecule has 4 amide bonds. The summed E-state index contributed by atoms with van der Waals surface area (Å²) in [7, 11) is 0. The average Bonchev–Trinajstić information content (AvgIpc) is 3.20. The molecule has 0 saturated carbocycles. The number of nitrogens with one attached hydrogen (secondary N) is 3. The zero-order chi connectivity index (χ0) is 25.2. The molecule has 36 heavy (non-hydrogen) atoms. The van der Waals surface area contributed by atoms with Crippen molar-refractivity contribution in [3.05, 3.63) is 64.2 Å². The molecule has 0 aliphatic carbocycles. The summed E-state index contributed by atoms with van der Waals surface area (Å²) in [5, 5.41) is 8.83. The number of benzene rings is 2. The highest BCUT2D eigenvalue weighted by Crippen LogP contribution is 2.28. The minimum absolute atomic E-state index is 0.174. The maximum atomic E-state index is 12.9. The second-order valence-electron chi connectivity index (χ2n) is 9.63. The molecule has 5 rings (SSSR count). The van der Waals surface area contributed by atoms with Gasteiger partial charge in [-0.25, -0.2) is 0 Å². The molecule has 0 aromatic heterocycles. The van der Waals surface area contributed by atoms with E-state index >= 15 is 0 Å². The van der Waals surface area contributed by atoms with Crippen LogP contribution < -0.4 is 16.0 Å². The molecule has 2 fully saturated rings. The molecule has 0 spiro atoms. The van der Waals surface area contributed by atoms with E-state index in [1.54, 1.807) is 6.07 Å². The molecule has 2 aromatic carbocycles. The van der Waals surface area contributed by atoms with Crippen molar-refractivity contribution in [1.82, 2.24) is 15.5 Å². The minimum Gasteiger partial charge on any atom is -0.382 e. The summed E-state index contributed by atoms with van der Waals surface area (Å²) in [5.74, 6) is -1.12. The highest BCUT2D eigenvalue weighted by Gasteiger charge is 2.39. The van der Waals surface area contributed by atoms with Gasteiger partial charge in [0.15, 0.2) is 0 Å². The van der Waals surface area contributed by atoms with Crippen LogP contribution >= 0.6 is 0 Å². The van der Waals surface area contributed by atoms with E-state index in [2.05, 4.69) is 16.0 Å². The first-order valence-corrected chi connectivity index (χ1v) is 12.4. The van der Waals surface area contributed by atoms with Gasteiger partial charge in [0.2, 0.25) is 11.8 Å². The van der Waals surface area contributed by atoms with E-state index < -0.39 is 11.9 Å². The predicted molar refractivity (Wildman–Crippen MR) is 132 cm³/mol. The van der Waals surface area contributed by atoms with Gasteiger partial charge in [-0.1, -0.05) is 18.2 Å². The highest BCUT2D eigenvalue weighted by atomic mass is 16.5. The van der Waals surface area contributed by atoms with Crippen LogP contribution in [0.2, 0.25) is 0 Å². The quantitative estimate of drug-likeness (QED) is 0.535. The number of imide groups is 1. The van der Waals surface area contributed by atoms with Crippen molar-refractivity contribution in [2.45, 2.75) is 57.8 Å². The summed E-state index contributed by atoms with van der Waals surface area (Å²) in [4.78, 5) is 51.0. The summed E-state index contributed by atoms with van der Waals surface area (Å²) in [5.41, 5.74) is 4.86. The summed E-state index contributed by atoms with van der Waals surface area (Å²) >= 11 is 0. The fourth-order valence-corrected chi connectivity index (χ4v) is 5.00. The first-order chi connectivity index (χ1) is 17.4. The maximum Gasteiger partial charge on any atom is 0.255 e. The summed E-state index contributed by atoms with van der Waals surface area (Å²) in [6.07, 6.45) is 2.43. The third-order valence-electron chi connectivity index (χ3n) is 7.12. The Morgan fingerprint density at radius 1 is 1.08 bits per heavy atom. The summed E-state index contributed by atoms with van der Waals surface area (Å²) < 4.78 is 5.43. The number of piperidine rings is 1. The van der Waals surface area contributed by atoms with Gasteiger partial charge in [0.1, 0.15) is 6.04 Å². The van der Waals surface area contributed by atoms with Crippen molar-refractivity contribution in [3.8, 4) is 0 Å². The first kappa shape index (κ1) is 24.0. The Morgan fingerprint density at radius 2 is 1.89 bits per heavy atom. The molecule has 1 atom stereocenters. The summed E-state index contributed by atoms with van der Waals surface area (Å²) in [6, 6.07) is 10.8. The minimum atomic E-state index is -0.642. The molecular weight excluding hydrogens is 460 g/mol. The molecule has 2 saturated heterocycles. The number of ether oxygens (including phenoxy) is 1. The third kappa shape index (κ3) is 4.97. The standard InChI is InChI=1S/C27H30N4O5/c1-16-2-4-18(13-22(16)29-20-8-10-36-11-9-20)25(33)28-14-17-3-5-21-19(12-17)15-31(27(21)35)23-6-7-24(32)30-26(23)34/h2-5,12-13,20,23,29H,6-11,14-15H2,1H3,(H,28,33)(H,30,32,34). The van der Waals surface area contributed by atoms with Gasteiger partial charge in [0.05, 0.1) is 0 Å². The van der Waals surface area contributed by atoms with Gasteiger partial charge in [-0.05, 0) is 61.1 Å². The van der Waals surface area contributed by atoms with E-state index in [-0.39, 0.29) is 24.1 Å². The molecule has 0 bridgehead atoms. The lowest BCUT2D eigenvalue weighted by atomic mass is 10.0. The number of hydrogen-bond acceptors (Lipinski definition) is 6. The molecule has 3 aliphatic heterocycles. The topological polar surface area (TPSA) is 117 Å². The third-order valence-corrected chi connectivity index (χ3v) is 7.12. The van der Waals surface area contributed by atoms with Crippen LogP contribution in [0.4, 0.5) is 5.69 Å². The van der Waals surface area contributed by atoms with Crippen LogP contribution in [0.15, 0.2) is 36.4 Å². The number of amides is 4. The van der Waals surface area contributed by atoms with Crippen LogP contribution in [0.25, 0.3) is 0 Å². The molecule has 9 heteroatoms. The number of hydrogen-bond donors (Lipinski definition) is 3.